The molecule has 0 aromatic heterocycles. The maximum atomic E-state index is 13.1. The van der Waals surface area contributed by atoms with Gasteiger partial charge in [0.2, 0.25) is 11.8 Å². The number of carbonyl (C=O) groups excluding carboxylic acids is 3. The van der Waals surface area contributed by atoms with E-state index >= 15 is 0 Å². The summed E-state index contributed by atoms with van der Waals surface area (Å²) >= 11 is 0. The number of amides is 2. The van der Waals surface area contributed by atoms with Gasteiger partial charge >= 0.3 is 5.97 Å². The quantitative estimate of drug-likeness (QED) is 0.651. The molecule has 1 N–H and O–H groups in total. The number of carbonyl (C=O) groups is 3. The number of rotatable bonds is 5. The van der Waals surface area contributed by atoms with Crippen molar-refractivity contribution in [2.24, 2.45) is 5.41 Å². The third kappa shape index (κ3) is 5.51. The van der Waals surface area contributed by atoms with E-state index in [1.165, 1.54) is 29.4 Å². The Balaban J connectivity index is 1.47. The lowest BCUT2D eigenvalue weighted by atomic mass is 9.92. The molecule has 0 radical (unpaired) electrons. The molecule has 1 aliphatic heterocycles. The zero-order chi connectivity index (χ0) is 25.9. The largest absolute Gasteiger partial charge is 0.467 e. The first-order chi connectivity index (χ1) is 17.2. The standard InChI is InChI=1S/C29H35N3O4/c1-29(2,3)28(35)30-24(27(34)36-4)19-25(33)31-15-17-32(18-16-31)26-22-11-7-5-9-20(22)13-14-21-10-6-8-12-23(21)26/h5-14,24,26H,15-19H2,1-4H3,(H,30,35). The van der Waals surface area contributed by atoms with Crippen molar-refractivity contribution in [3.05, 3.63) is 70.8 Å². The van der Waals surface area contributed by atoms with Gasteiger partial charge in [-0.3, -0.25) is 14.5 Å². The van der Waals surface area contributed by atoms with E-state index in [4.69, 9.17) is 4.74 Å². The van der Waals surface area contributed by atoms with Gasteiger partial charge in [-0.1, -0.05) is 81.5 Å². The third-order valence-corrected chi connectivity index (χ3v) is 6.91. The lowest BCUT2D eigenvalue weighted by Crippen LogP contribution is -2.53. The van der Waals surface area contributed by atoms with Crippen LogP contribution in [0.4, 0.5) is 0 Å². The first-order valence-electron chi connectivity index (χ1n) is 12.5. The van der Waals surface area contributed by atoms with Gasteiger partial charge in [-0.15, -0.1) is 0 Å². The first-order valence-corrected chi connectivity index (χ1v) is 12.5. The monoisotopic (exact) mass is 489 g/mol. The number of piperazine rings is 1. The van der Waals surface area contributed by atoms with Gasteiger partial charge in [0.25, 0.3) is 0 Å². The number of fused-ring (bicyclic) bond motifs is 2. The van der Waals surface area contributed by atoms with Gasteiger partial charge in [0, 0.05) is 31.6 Å². The number of hydrogen-bond acceptors (Lipinski definition) is 5. The lowest BCUT2D eigenvalue weighted by Gasteiger charge is -2.40. The Morgan fingerprint density at radius 3 is 1.94 bits per heavy atom. The Kier molecular flexibility index (Phi) is 7.59. The highest BCUT2D eigenvalue weighted by Crippen LogP contribution is 2.37. The summed E-state index contributed by atoms with van der Waals surface area (Å²) in [4.78, 5) is 42.1. The molecule has 0 bridgehead atoms. The fourth-order valence-corrected chi connectivity index (χ4v) is 4.81. The molecule has 0 saturated carbocycles. The Hall–Kier alpha value is -3.45. The minimum Gasteiger partial charge on any atom is -0.467 e. The molecule has 1 atom stereocenters. The van der Waals surface area contributed by atoms with E-state index < -0.39 is 17.4 Å². The summed E-state index contributed by atoms with van der Waals surface area (Å²) in [5, 5.41) is 2.69. The van der Waals surface area contributed by atoms with E-state index in [0.29, 0.717) is 26.2 Å². The van der Waals surface area contributed by atoms with Crippen molar-refractivity contribution < 1.29 is 19.1 Å². The van der Waals surface area contributed by atoms with Crippen molar-refractivity contribution in [2.45, 2.75) is 39.3 Å². The van der Waals surface area contributed by atoms with E-state index in [-0.39, 0.29) is 24.3 Å². The summed E-state index contributed by atoms with van der Waals surface area (Å²) < 4.78 is 4.85. The molecular formula is C29H35N3O4. The predicted molar refractivity (Wildman–Crippen MR) is 140 cm³/mol. The summed E-state index contributed by atoms with van der Waals surface area (Å²) in [6, 6.07) is 16.0. The summed E-state index contributed by atoms with van der Waals surface area (Å²) in [5.74, 6) is -1.07. The Morgan fingerprint density at radius 2 is 1.44 bits per heavy atom. The van der Waals surface area contributed by atoms with E-state index in [9.17, 15) is 14.4 Å². The van der Waals surface area contributed by atoms with Crippen LogP contribution >= 0.6 is 0 Å². The van der Waals surface area contributed by atoms with Crippen LogP contribution in [-0.4, -0.2) is 66.9 Å². The van der Waals surface area contributed by atoms with Crippen LogP contribution in [0.15, 0.2) is 48.5 Å². The maximum Gasteiger partial charge on any atom is 0.328 e. The summed E-state index contributed by atoms with van der Waals surface area (Å²) in [5.41, 5.74) is 4.24. The van der Waals surface area contributed by atoms with Crippen molar-refractivity contribution in [3.8, 4) is 0 Å². The molecule has 1 saturated heterocycles. The van der Waals surface area contributed by atoms with Gasteiger partial charge in [0.05, 0.1) is 19.6 Å². The number of hydrogen-bond donors (Lipinski definition) is 1. The van der Waals surface area contributed by atoms with Crippen LogP contribution in [0.3, 0.4) is 0 Å². The zero-order valence-corrected chi connectivity index (χ0v) is 21.5. The summed E-state index contributed by atoms with van der Waals surface area (Å²) in [7, 11) is 1.26. The lowest BCUT2D eigenvalue weighted by molar-refractivity contribution is -0.149. The second-order valence-corrected chi connectivity index (χ2v) is 10.4. The van der Waals surface area contributed by atoms with Gasteiger partial charge < -0.3 is 15.0 Å². The summed E-state index contributed by atoms with van der Waals surface area (Å²) in [6.07, 6.45) is 4.23. The third-order valence-electron chi connectivity index (χ3n) is 6.91. The van der Waals surface area contributed by atoms with Crippen molar-refractivity contribution >= 4 is 29.9 Å². The van der Waals surface area contributed by atoms with Crippen molar-refractivity contribution in [1.29, 1.82) is 0 Å². The SMILES string of the molecule is COC(=O)C(CC(=O)N1CCN(C2c3ccccc3C=Cc3ccccc32)CC1)NC(=O)C(C)(C)C. The molecule has 0 spiro atoms. The molecule has 2 aromatic carbocycles. The van der Waals surface area contributed by atoms with Gasteiger partial charge in [-0.25, -0.2) is 4.79 Å². The minimum absolute atomic E-state index is 0.0959. The molecule has 2 amide bonds. The molecule has 1 heterocycles. The number of benzene rings is 2. The molecule has 7 heteroatoms. The molecule has 36 heavy (non-hydrogen) atoms. The number of ether oxygens (including phenoxy) is 1. The molecule has 2 aliphatic rings. The molecule has 1 aliphatic carbocycles. The molecule has 1 fully saturated rings. The smallest absolute Gasteiger partial charge is 0.328 e. The van der Waals surface area contributed by atoms with Crippen LogP contribution < -0.4 is 5.32 Å². The molecular weight excluding hydrogens is 454 g/mol. The maximum absolute atomic E-state index is 13.1. The van der Waals surface area contributed by atoms with E-state index in [0.717, 1.165) is 0 Å². The number of methoxy groups -OCH3 is 1. The van der Waals surface area contributed by atoms with E-state index in [1.54, 1.807) is 25.7 Å². The average molecular weight is 490 g/mol. The first kappa shape index (κ1) is 25.6. The Morgan fingerprint density at radius 1 is 0.917 bits per heavy atom. The number of nitrogens with one attached hydrogen (secondary N) is 1. The Bertz CT molecular complexity index is 1110. The second-order valence-electron chi connectivity index (χ2n) is 10.4. The van der Waals surface area contributed by atoms with Gasteiger partial charge in [-0.05, 0) is 22.3 Å². The van der Waals surface area contributed by atoms with Gasteiger partial charge in [0.15, 0.2) is 0 Å². The molecule has 2 aromatic rings. The van der Waals surface area contributed by atoms with Gasteiger partial charge in [-0.2, -0.15) is 0 Å². The van der Waals surface area contributed by atoms with E-state index in [1.807, 2.05) is 0 Å². The van der Waals surface area contributed by atoms with Crippen molar-refractivity contribution in [2.75, 3.05) is 33.3 Å². The van der Waals surface area contributed by atoms with Crippen LogP contribution in [0.5, 0.6) is 0 Å². The van der Waals surface area contributed by atoms with E-state index in [2.05, 4.69) is 70.9 Å². The normalized spacial score (nSPS) is 16.9. The number of nitrogens with zero attached hydrogens (tertiary/aromatic N) is 2. The second kappa shape index (κ2) is 10.7. The molecule has 190 valence electrons. The molecule has 1 unspecified atom stereocenters. The number of esters is 1. The van der Waals surface area contributed by atoms with Crippen LogP contribution in [0.1, 0.15) is 55.5 Å². The minimum atomic E-state index is -1.00. The van der Waals surface area contributed by atoms with Crippen LogP contribution in [0, 0.1) is 5.41 Å². The van der Waals surface area contributed by atoms with Gasteiger partial charge in [0.1, 0.15) is 6.04 Å². The van der Waals surface area contributed by atoms with Crippen LogP contribution in [0.2, 0.25) is 0 Å². The summed E-state index contributed by atoms with van der Waals surface area (Å²) in [6.45, 7) is 7.79. The van der Waals surface area contributed by atoms with Crippen LogP contribution in [0.25, 0.3) is 12.2 Å². The predicted octanol–water partition coefficient (Wildman–Crippen LogP) is 3.50. The van der Waals surface area contributed by atoms with Crippen LogP contribution in [-0.2, 0) is 19.1 Å². The highest BCUT2D eigenvalue weighted by molar-refractivity contribution is 5.91. The zero-order valence-electron chi connectivity index (χ0n) is 21.5. The fourth-order valence-electron chi connectivity index (χ4n) is 4.81. The fraction of sp³-hybridized carbons (Fsp3) is 0.414. The molecule has 4 rings (SSSR count). The van der Waals surface area contributed by atoms with Crippen molar-refractivity contribution in [3.63, 3.8) is 0 Å². The Labute approximate surface area is 213 Å². The highest BCUT2D eigenvalue weighted by atomic mass is 16.5. The molecule has 7 nitrogen and oxygen atoms in total. The highest BCUT2D eigenvalue weighted by Gasteiger charge is 2.34. The topological polar surface area (TPSA) is 79.0 Å². The average Bonchev–Trinajstić information content (AvgIpc) is 3.04. The van der Waals surface area contributed by atoms with Crippen molar-refractivity contribution in [1.82, 2.24) is 15.1 Å².